The number of esters is 1. The minimum absolute atomic E-state index is 0.0262. The first-order valence-corrected chi connectivity index (χ1v) is 11.0. The van der Waals surface area contributed by atoms with Gasteiger partial charge in [-0.2, -0.15) is 0 Å². The first-order valence-electron chi connectivity index (χ1n) is 11.0. The van der Waals surface area contributed by atoms with E-state index in [0.29, 0.717) is 25.9 Å². The highest BCUT2D eigenvalue weighted by Gasteiger charge is 2.36. The molecule has 5 nitrogen and oxygen atoms in total. The summed E-state index contributed by atoms with van der Waals surface area (Å²) in [6.45, 7) is 2.19. The molecule has 2 aromatic carbocycles. The molecular formula is C25H29F2NO4. The summed E-state index contributed by atoms with van der Waals surface area (Å²) < 4.78 is 39.5. The Kier molecular flexibility index (Phi) is 8.59. The quantitative estimate of drug-likeness (QED) is 0.546. The van der Waals surface area contributed by atoms with Gasteiger partial charge in [0.2, 0.25) is 0 Å². The Labute approximate surface area is 187 Å². The number of carbonyl (C=O) groups excluding carboxylic acids is 2. The highest BCUT2D eigenvalue weighted by atomic mass is 19.1. The normalized spacial score (nSPS) is 20.4. The predicted octanol–water partition coefficient (Wildman–Crippen LogP) is 5.49. The number of alkyl carbamates (subject to hydrolysis) is 1. The molecule has 1 N–H and O–H groups in total. The number of rotatable bonds is 8. The van der Waals surface area contributed by atoms with Crippen LogP contribution in [0.5, 0.6) is 0 Å². The largest absolute Gasteiger partial charge is 0.466 e. The van der Waals surface area contributed by atoms with E-state index >= 15 is 0 Å². The highest BCUT2D eigenvalue weighted by molar-refractivity contribution is 5.69. The lowest BCUT2D eigenvalue weighted by Crippen LogP contribution is -2.43. The van der Waals surface area contributed by atoms with E-state index in [1.54, 1.807) is 6.92 Å². The van der Waals surface area contributed by atoms with Crippen LogP contribution >= 0.6 is 0 Å². The van der Waals surface area contributed by atoms with Gasteiger partial charge >= 0.3 is 12.1 Å². The van der Waals surface area contributed by atoms with Crippen LogP contribution in [-0.2, 0) is 20.9 Å². The van der Waals surface area contributed by atoms with Crippen LogP contribution in [-0.4, -0.2) is 24.7 Å². The van der Waals surface area contributed by atoms with E-state index in [0.717, 1.165) is 12.0 Å². The second-order valence-electron chi connectivity index (χ2n) is 8.08. The van der Waals surface area contributed by atoms with E-state index in [1.165, 1.54) is 18.2 Å². The molecule has 32 heavy (non-hydrogen) atoms. The van der Waals surface area contributed by atoms with Crippen LogP contribution in [0.3, 0.4) is 0 Å². The second-order valence-corrected chi connectivity index (χ2v) is 8.08. The SMILES string of the molecule is CCOC(=O)CCC1CC[C@@H](NC(=O)OCc2ccccc2)[C@H](c2c(F)cccc2F)C1. The molecule has 0 aliphatic heterocycles. The summed E-state index contributed by atoms with van der Waals surface area (Å²) in [5.74, 6) is -2.00. The van der Waals surface area contributed by atoms with Crippen molar-refractivity contribution in [2.75, 3.05) is 6.61 Å². The van der Waals surface area contributed by atoms with E-state index in [9.17, 15) is 18.4 Å². The summed E-state index contributed by atoms with van der Waals surface area (Å²) in [6, 6.07) is 12.6. The number of amides is 1. The molecule has 1 amide bonds. The van der Waals surface area contributed by atoms with Crippen molar-refractivity contribution in [1.29, 1.82) is 0 Å². The van der Waals surface area contributed by atoms with Crippen molar-refractivity contribution in [3.63, 3.8) is 0 Å². The molecule has 0 bridgehead atoms. The van der Waals surface area contributed by atoms with Crippen molar-refractivity contribution in [2.24, 2.45) is 5.92 Å². The van der Waals surface area contributed by atoms with Gasteiger partial charge in [0.15, 0.2) is 0 Å². The topological polar surface area (TPSA) is 64.6 Å². The maximum Gasteiger partial charge on any atom is 0.407 e. The third-order valence-electron chi connectivity index (χ3n) is 5.91. The molecule has 1 saturated carbocycles. The molecule has 1 unspecified atom stereocenters. The van der Waals surface area contributed by atoms with E-state index in [-0.39, 0.29) is 30.5 Å². The van der Waals surface area contributed by atoms with Gasteiger partial charge in [0.1, 0.15) is 18.2 Å². The van der Waals surface area contributed by atoms with Crippen molar-refractivity contribution >= 4 is 12.1 Å². The van der Waals surface area contributed by atoms with Crippen molar-refractivity contribution < 1.29 is 27.8 Å². The average Bonchev–Trinajstić information content (AvgIpc) is 2.78. The van der Waals surface area contributed by atoms with Gasteiger partial charge < -0.3 is 14.8 Å². The third-order valence-corrected chi connectivity index (χ3v) is 5.91. The standard InChI is InChI=1S/C25H29F2NO4/c1-2-31-23(29)14-12-17-11-13-22(19(15-17)24-20(26)9-6-10-21(24)27)28-25(30)32-16-18-7-4-3-5-8-18/h3-10,17,19,22H,2,11-16H2,1H3,(H,28,30)/t17?,19-,22-/m1/s1. The lowest BCUT2D eigenvalue weighted by Gasteiger charge is -2.37. The molecule has 0 aromatic heterocycles. The summed E-state index contributed by atoms with van der Waals surface area (Å²) in [5, 5.41) is 2.81. The monoisotopic (exact) mass is 445 g/mol. The maximum absolute atomic E-state index is 14.6. The summed E-state index contributed by atoms with van der Waals surface area (Å²) in [7, 11) is 0. The number of halogens is 2. The van der Waals surface area contributed by atoms with Gasteiger partial charge in [0, 0.05) is 23.9 Å². The van der Waals surface area contributed by atoms with E-state index in [2.05, 4.69) is 5.32 Å². The fraction of sp³-hybridized carbons (Fsp3) is 0.440. The smallest absolute Gasteiger partial charge is 0.407 e. The molecule has 7 heteroatoms. The Hall–Kier alpha value is -2.96. The van der Waals surface area contributed by atoms with E-state index in [1.807, 2.05) is 30.3 Å². The molecule has 0 heterocycles. The molecule has 2 aromatic rings. The third kappa shape index (κ3) is 6.52. The highest BCUT2D eigenvalue weighted by Crippen LogP contribution is 2.40. The predicted molar refractivity (Wildman–Crippen MR) is 116 cm³/mol. The first kappa shape index (κ1) is 23.7. The van der Waals surface area contributed by atoms with Crippen LogP contribution in [0, 0.1) is 17.6 Å². The zero-order chi connectivity index (χ0) is 22.9. The minimum atomic E-state index is -0.634. The van der Waals surface area contributed by atoms with Crippen LogP contribution in [0.25, 0.3) is 0 Å². The molecule has 172 valence electrons. The number of nitrogens with one attached hydrogen (secondary N) is 1. The van der Waals surface area contributed by atoms with Crippen molar-refractivity contribution in [3.8, 4) is 0 Å². The summed E-state index contributed by atoms with van der Waals surface area (Å²) in [6.07, 6.45) is 1.95. The Morgan fingerprint density at radius 2 is 1.72 bits per heavy atom. The summed E-state index contributed by atoms with van der Waals surface area (Å²) in [5.41, 5.74) is 0.823. The molecule has 3 rings (SSSR count). The van der Waals surface area contributed by atoms with Crippen molar-refractivity contribution in [2.45, 2.75) is 57.6 Å². The summed E-state index contributed by atoms with van der Waals surface area (Å²) in [4.78, 5) is 24.1. The van der Waals surface area contributed by atoms with Gasteiger partial charge in [-0.3, -0.25) is 4.79 Å². The van der Waals surface area contributed by atoms with Gasteiger partial charge in [-0.15, -0.1) is 0 Å². The zero-order valence-corrected chi connectivity index (χ0v) is 18.2. The molecule has 1 aliphatic carbocycles. The number of benzene rings is 2. The number of ether oxygens (including phenoxy) is 2. The van der Waals surface area contributed by atoms with Crippen molar-refractivity contribution in [1.82, 2.24) is 5.32 Å². The average molecular weight is 446 g/mol. The first-order chi connectivity index (χ1) is 15.5. The molecule has 1 aliphatic rings. The van der Waals surface area contributed by atoms with Crippen LogP contribution in [0.1, 0.15) is 56.1 Å². The van der Waals surface area contributed by atoms with E-state index < -0.39 is 29.7 Å². The van der Waals surface area contributed by atoms with Crippen LogP contribution < -0.4 is 5.32 Å². The minimum Gasteiger partial charge on any atom is -0.466 e. The molecule has 1 fully saturated rings. The Balaban J connectivity index is 1.68. The van der Waals surface area contributed by atoms with Crippen LogP contribution in [0.2, 0.25) is 0 Å². The lowest BCUT2D eigenvalue weighted by molar-refractivity contribution is -0.143. The zero-order valence-electron chi connectivity index (χ0n) is 18.2. The van der Waals surface area contributed by atoms with Gasteiger partial charge in [-0.1, -0.05) is 36.4 Å². The number of hydrogen-bond donors (Lipinski definition) is 1. The fourth-order valence-electron chi connectivity index (χ4n) is 4.35. The van der Waals surface area contributed by atoms with Crippen molar-refractivity contribution in [3.05, 3.63) is 71.3 Å². The lowest BCUT2D eigenvalue weighted by atomic mass is 9.73. The van der Waals surface area contributed by atoms with Crippen LogP contribution in [0.4, 0.5) is 13.6 Å². The van der Waals surface area contributed by atoms with E-state index in [4.69, 9.17) is 9.47 Å². The second kappa shape index (κ2) is 11.6. The van der Waals surface area contributed by atoms with Gasteiger partial charge in [0.05, 0.1) is 6.61 Å². The maximum atomic E-state index is 14.6. The van der Waals surface area contributed by atoms with Crippen LogP contribution in [0.15, 0.2) is 48.5 Å². The Morgan fingerprint density at radius 3 is 2.41 bits per heavy atom. The molecule has 0 radical (unpaired) electrons. The van der Waals surface area contributed by atoms with Gasteiger partial charge in [-0.05, 0) is 56.2 Å². The van der Waals surface area contributed by atoms with Gasteiger partial charge in [-0.25, -0.2) is 13.6 Å². The fourth-order valence-corrected chi connectivity index (χ4v) is 4.35. The molecule has 0 saturated heterocycles. The molecule has 3 atom stereocenters. The molecular weight excluding hydrogens is 416 g/mol. The number of hydrogen-bond acceptors (Lipinski definition) is 4. The summed E-state index contributed by atoms with van der Waals surface area (Å²) >= 11 is 0. The van der Waals surface area contributed by atoms with Gasteiger partial charge in [0.25, 0.3) is 0 Å². The Bertz CT molecular complexity index is 886. The molecule has 0 spiro atoms. The number of carbonyl (C=O) groups is 2. The Morgan fingerprint density at radius 1 is 1.00 bits per heavy atom.